The summed E-state index contributed by atoms with van der Waals surface area (Å²) in [5.74, 6) is 1.22. The molecule has 0 fully saturated rings. The third-order valence-electron chi connectivity index (χ3n) is 3.66. The molecule has 0 saturated carbocycles. The van der Waals surface area contributed by atoms with Gasteiger partial charge in [-0.1, -0.05) is 0 Å². The maximum absolute atomic E-state index is 12.2. The Morgan fingerprint density at radius 3 is 2.62 bits per heavy atom. The summed E-state index contributed by atoms with van der Waals surface area (Å²) in [5.41, 5.74) is 1.78. The highest BCUT2D eigenvalue weighted by molar-refractivity contribution is 7.07. The van der Waals surface area contributed by atoms with Gasteiger partial charge in [0.05, 0.1) is 25.9 Å². The van der Waals surface area contributed by atoms with Crippen molar-refractivity contribution in [2.24, 2.45) is 0 Å². The highest BCUT2D eigenvalue weighted by atomic mass is 32.1. The summed E-state index contributed by atoms with van der Waals surface area (Å²) in [6.45, 7) is 0.508. The van der Waals surface area contributed by atoms with Crippen LogP contribution in [-0.2, 0) is 0 Å². The van der Waals surface area contributed by atoms with Crippen LogP contribution in [0.2, 0.25) is 0 Å². The number of rotatable bonds is 7. The van der Waals surface area contributed by atoms with Crippen molar-refractivity contribution in [3.05, 3.63) is 40.6 Å². The molecule has 0 radical (unpaired) electrons. The number of nitrogens with one attached hydrogen (secondary N) is 2. The topological polar surface area (TPSA) is 62.8 Å². The largest absolute Gasteiger partial charge is 0.497 e. The first kappa shape index (κ1) is 18.1. The molecule has 2 rings (SSSR count). The minimum atomic E-state index is -0.277. The molecule has 0 aliphatic rings. The molecule has 24 heavy (non-hydrogen) atoms. The zero-order valence-electron chi connectivity index (χ0n) is 14.3. The molecule has 7 heteroatoms. The zero-order chi connectivity index (χ0) is 17.5. The molecule has 0 saturated heterocycles. The van der Waals surface area contributed by atoms with Gasteiger partial charge in [-0.2, -0.15) is 11.3 Å². The van der Waals surface area contributed by atoms with E-state index in [4.69, 9.17) is 9.47 Å². The van der Waals surface area contributed by atoms with E-state index in [1.54, 1.807) is 43.8 Å². The van der Waals surface area contributed by atoms with Crippen LogP contribution in [-0.4, -0.2) is 45.8 Å². The van der Waals surface area contributed by atoms with E-state index in [9.17, 15) is 4.79 Å². The number of amides is 2. The number of methoxy groups -OCH3 is 2. The fourth-order valence-electron chi connectivity index (χ4n) is 2.32. The van der Waals surface area contributed by atoms with Gasteiger partial charge < -0.3 is 25.0 Å². The lowest BCUT2D eigenvalue weighted by Crippen LogP contribution is -2.36. The van der Waals surface area contributed by atoms with Gasteiger partial charge in [0, 0.05) is 12.6 Å². The van der Waals surface area contributed by atoms with Crippen molar-refractivity contribution in [1.82, 2.24) is 10.2 Å². The Labute approximate surface area is 146 Å². The lowest BCUT2D eigenvalue weighted by molar-refractivity contribution is 0.243. The maximum atomic E-state index is 12.2. The molecular formula is C17H23N3O3S. The fourth-order valence-corrected chi connectivity index (χ4v) is 3.03. The van der Waals surface area contributed by atoms with Crippen LogP contribution in [0.25, 0.3) is 0 Å². The number of carbonyl (C=O) groups excluding carboxylic acids is 1. The quantitative estimate of drug-likeness (QED) is 0.806. The summed E-state index contributed by atoms with van der Waals surface area (Å²) in [6, 6.07) is 7.16. The van der Waals surface area contributed by atoms with Crippen LogP contribution in [0.3, 0.4) is 0 Å². The van der Waals surface area contributed by atoms with Crippen molar-refractivity contribution >= 4 is 23.1 Å². The minimum absolute atomic E-state index is 0.125. The Morgan fingerprint density at radius 2 is 2.04 bits per heavy atom. The maximum Gasteiger partial charge on any atom is 0.319 e. The average molecular weight is 349 g/mol. The van der Waals surface area contributed by atoms with Crippen molar-refractivity contribution in [3.8, 4) is 11.5 Å². The number of hydrogen-bond acceptors (Lipinski definition) is 5. The van der Waals surface area contributed by atoms with Crippen LogP contribution in [0, 0.1) is 0 Å². The Bertz CT molecular complexity index is 659. The van der Waals surface area contributed by atoms with Gasteiger partial charge >= 0.3 is 6.03 Å². The van der Waals surface area contributed by atoms with Gasteiger partial charge in [-0.3, -0.25) is 0 Å². The van der Waals surface area contributed by atoms with E-state index < -0.39 is 0 Å². The molecule has 130 valence electrons. The zero-order valence-corrected chi connectivity index (χ0v) is 15.1. The molecule has 0 unspecified atom stereocenters. The normalized spacial score (nSPS) is 11.9. The van der Waals surface area contributed by atoms with Crippen molar-refractivity contribution in [1.29, 1.82) is 0 Å². The summed E-state index contributed by atoms with van der Waals surface area (Å²) in [6.07, 6.45) is 0. The Hall–Kier alpha value is -2.25. The van der Waals surface area contributed by atoms with Gasteiger partial charge in [0.25, 0.3) is 0 Å². The lowest BCUT2D eigenvalue weighted by Gasteiger charge is -2.24. The van der Waals surface area contributed by atoms with Crippen molar-refractivity contribution in [3.63, 3.8) is 0 Å². The number of ether oxygens (including phenoxy) is 2. The molecule has 1 atom stereocenters. The molecule has 1 aromatic heterocycles. The predicted octanol–water partition coefficient (Wildman–Crippen LogP) is 3.19. The molecule has 6 nitrogen and oxygen atoms in total. The second-order valence-electron chi connectivity index (χ2n) is 5.44. The first-order valence-corrected chi connectivity index (χ1v) is 8.44. The molecule has 2 N–H and O–H groups in total. The van der Waals surface area contributed by atoms with Crippen molar-refractivity contribution in [2.45, 2.75) is 6.04 Å². The number of urea groups is 1. The van der Waals surface area contributed by atoms with Gasteiger partial charge in [0.1, 0.15) is 11.5 Å². The minimum Gasteiger partial charge on any atom is -0.497 e. The third kappa shape index (κ3) is 4.62. The molecule has 0 spiro atoms. The summed E-state index contributed by atoms with van der Waals surface area (Å²) in [5, 5.41) is 9.84. The number of thiophene rings is 1. The van der Waals surface area contributed by atoms with Gasteiger partial charge in [-0.25, -0.2) is 4.79 Å². The second kappa shape index (κ2) is 8.56. The Balaban J connectivity index is 1.98. The van der Waals surface area contributed by atoms with E-state index in [0.717, 1.165) is 0 Å². The standard InChI is InChI=1S/C17H23N3O3S/c1-20(2)15(12-7-8-24-11-12)10-18-17(21)19-14-6-5-13(22-3)9-16(14)23-4/h5-9,11,15H,10H2,1-4H3,(H2,18,19,21)/t15-/m1/s1. The fraction of sp³-hybridized carbons (Fsp3) is 0.353. The number of benzene rings is 1. The van der Waals surface area contributed by atoms with E-state index in [0.29, 0.717) is 23.7 Å². The molecule has 2 aromatic rings. The van der Waals surface area contributed by atoms with Crippen LogP contribution >= 0.6 is 11.3 Å². The monoisotopic (exact) mass is 349 g/mol. The SMILES string of the molecule is COc1ccc(NC(=O)NC[C@H](c2ccsc2)N(C)C)c(OC)c1. The highest BCUT2D eigenvalue weighted by Crippen LogP contribution is 2.29. The molecule has 0 aliphatic carbocycles. The van der Waals surface area contributed by atoms with Crippen LogP contribution in [0.1, 0.15) is 11.6 Å². The molecular weight excluding hydrogens is 326 g/mol. The van der Waals surface area contributed by atoms with E-state index in [-0.39, 0.29) is 12.1 Å². The summed E-state index contributed by atoms with van der Waals surface area (Å²) in [7, 11) is 7.12. The lowest BCUT2D eigenvalue weighted by atomic mass is 10.1. The molecule has 0 aliphatic heterocycles. The van der Waals surface area contributed by atoms with Crippen LogP contribution < -0.4 is 20.1 Å². The molecule has 1 heterocycles. The first-order chi connectivity index (χ1) is 11.5. The number of likely N-dealkylation sites (N-methyl/N-ethyl adjacent to an activating group) is 1. The van der Waals surface area contributed by atoms with Gasteiger partial charge in [-0.05, 0) is 48.6 Å². The summed E-state index contributed by atoms with van der Waals surface area (Å²) in [4.78, 5) is 14.3. The smallest absolute Gasteiger partial charge is 0.319 e. The predicted molar refractivity (Wildman–Crippen MR) is 97.3 cm³/mol. The van der Waals surface area contributed by atoms with Crippen LogP contribution in [0.4, 0.5) is 10.5 Å². The van der Waals surface area contributed by atoms with E-state index >= 15 is 0 Å². The van der Waals surface area contributed by atoms with Gasteiger partial charge in [0.2, 0.25) is 0 Å². The highest BCUT2D eigenvalue weighted by Gasteiger charge is 2.16. The number of hydrogen-bond donors (Lipinski definition) is 2. The van der Waals surface area contributed by atoms with Crippen LogP contribution in [0.15, 0.2) is 35.0 Å². The third-order valence-corrected chi connectivity index (χ3v) is 4.37. The Morgan fingerprint density at radius 1 is 1.25 bits per heavy atom. The molecule has 1 aromatic carbocycles. The molecule has 2 amide bonds. The van der Waals surface area contributed by atoms with Crippen molar-refractivity contribution < 1.29 is 14.3 Å². The average Bonchev–Trinajstić information content (AvgIpc) is 3.09. The van der Waals surface area contributed by atoms with Crippen LogP contribution in [0.5, 0.6) is 11.5 Å². The van der Waals surface area contributed by atoms with E-state index in [2.05, 4.69) is 27.0 Å². The summed E-state index contributed by atoms with van der Waals surface area (Å²) < 4.78 is 10.4. The number of nitrogens with zero attached hydrogens (tertiary/aromatic N) is 1. The van der Waals surface area contributed by atoms with Gasteiger partial charge in [0.15, 0.2) is 0 Å². The second-order valence-corrected chi connectivity index (χ2v) is 6.22. The van der Waals surface area contributed by atoms with Crippen molar-refractivity contribution in [2.75, 3.05) is 40.2 Å². The Kier molecular flexibility index (Phi) is 6.45. The number of carbonyl (C=O) groups is 1. The van der Waals surface area contributed by atoms with Gasteiger partial charge in [-0.15, -0.1) is 0 Å². The number of anilines is 1. The van der Waals surface area contributed by atoms with E-state index in [1.165, 1.54) is 5.56 Å². The first-order valence-electron chi connectivity index (χ1n) is 7.50. The summed E-state index contributed by atoms with van der Waals surface area (Å²) >= 11 is 1.65. The molecule has 0 bridgehead atoms. The van der Waals surface area contributed by atoms with E-state index in [1.807, 2.05) is 19.5 Å².